The molecule has 0 saturated carbocycles. The standard InChI is InChI=1S/C25H28N10O5S2/c1-2-40-31-16(19-30-25(26)42-32-19)21(36)29-17-22(37)35-18(24(38)39)13(11-41-23(17)35)10-33-9-3-4-15-20(33)28-12-34(15)14-5-7-27-8-6-14/h3-4,9,12,14,17,23,27H,2,5-8,10-11H2,1H3,(H3-,26,29,30,32,36,38,39)/p+1/b31-16-. The highest BCUT2D eigenvalue weighted by Gasteiger charge is 2.54. The van der Waals surface area contributed by atoms with E-state index in [9.17, 15) is 19.5 Å². The summed E-state index contributed by atoms with van der Waals surface area (Å²) in [5.74, 6) is -2.13. The van der Waals surface area contributed by atoms with Crippen molar-refractivity contribution in [1.29, 1.82) is 0 Å². The quantitative estimate of drug-likeness (QED) is 0.109. The van der Waals surface area contributed by atoms with E-state index in [2.05, 4.69) is 34.7 Å². The normalized spacial score (nSPS) is 21.3. The third kappa shape index (κ3) is 5.07. The number of carbonyl (C=O) groups excluding carboxylic acids is 2. The van der Waals surface area contributed by atoms with Gasteiger partial charge >= 0.3 is 11.6 Å². The van der Waals surface area contributed by atoms with Crippen LogP contribution in [0.3, 0.4) is 0 Å². The van der Waals surface area contributed by atoms with E-state index in [0.717, 1.165) is 48.6 Å². The molecule has 0 spiro atoms. The number of anilines is 1. The molecule has 5 N–H and O–H groups in total. The summed E-state index contributed by atoms with van der Waals surface area (Å²) in [7, 11) is 0. The first-order valence-corrected chi connectivity index (χ1v) is 15.3. The number of hydrogen-bond donors (Lipinski definition) is 4. The number of nitrogens with zero attached hydrogens (tertiary/aromatic N) is 7. The first-order valence-electron chi connectivity index (χ1n) is 13.4. The highest BCUT2D eigenvalue weighted by molar-refractivity contribution is 8.00. The van der Waals surface area contributed by atoms with Crippen LogP contribution in [0.4, 0.5) is 5.13 Å². The van der Waals surface area contributed by atoms with Crippen molar-refractivity contribution < 1.29 is 28.9 Å². The van der Waals surface area contributed by atoms with Gasteiger partial charge in [0.15, 0.2) is 5.13 Å². The Hall–Kier alpha value is -4.09. The van der Waals surface area contributed by atoms with Gasteiger partial charge in [-0.2, -0.15) is 9.36 Å². The Kier molecular flexibility index (Phi) is 7.78. The Bertz CT molecular complexity index is 1610. The number of rotatable bonds is 9. The van der Waals surface area contributed by atoms with Gasteiger partial charge in [0.05, 0.1) is 6.20 Å². The molecule has 3 aromatic rings. The molecule has 6 rings (SSSR count). The molecule has 2 unspecified atom stereocenters. The number of thioether (sulfide) groups is 1. The second-order valence-corrected chi connectivity index (χ2v) is 11.8. The minimum Gasteiger partial charge on any atom is -0.477 e. The largest absolute Gasteiger partial charge is 0.477 e. The molecule has 220 valence electrons. The number of carboxylic acids is 1. The Balaban J connectivity index is 1.23. The minimum absolute atomic E-state index is 0.0226. The first kappa shape index (κ1) is 28.0. The van der Waals surface area contributed by atoms with Crippen LogP contribution in [0.25, 0.3) is 11.2 Å². The van der Waals surface area contributed by atoms with Crippen molar-refractivity contribution >= 4 is 63.1 Å². The molecule has 3 aliphatic heterocycles. The van der Waals surface area contributed by atoms with E-state index >= 15 is 0 Å². The van der Waals surface area contributed by atoms with Crippen LogP contribution in [0, 0.1) is 0 Å². The predicted molar refractivity (Wildman–Crippen MR) is 153 cm³/mol. The number of aliphatic carboxylic acids is 1. The lowest BCUT2D eigenvalue weighted by Crippen LogP contribution is -2.71. The summed E-state index contributed by atoms with van der Waals surface area (Å²) in [6, 6.07) is 3.33. The van der Waals surface area contributed by atoms with Crippen LogP contribution in [-0.2, 0) is 25.8 Å². The molecule has 42 heavy (non-hydrogen) atoms. The maximum absolute atomic E-state index is 13.3. The van der Waals surface area contributed by atoms with Crippen molar-refractivity contribution in [3.05, 3.63) is 41.8 Å². The number of imidazole rings is 1. The monoisotopic (exact) mass is 613 g/mol. The van der Waals surface area contributed by atoms with Crippen LogP contribution in [0.15, 0.2) is 41.1 Å². The summed E-state index contributed by atoms with van der Waals surface area (Å²) in [5.41, 5.74) is 7.66. The predicted octanol–water partition coefficient (Wildman–Crippen LogP) is -0.139. The fraction of sp³-hybridized carbons (Fsp3) is 0.440. The Morgan fingerprint density at radius 2 is 2.17 bits per heavy atom. The molecular weight excluding hydrogens is 584 g/mol. The van der Waals surface area contributed by atoms with E-state index in [1.54, 1.807) is 6.92 Å². The summed E-state index contributed by atoms with van der Waals surface area (Å²) in [4.78, 5) is 53.7. The van der Waals surface area contributed by atoms with Gasteiger partial charge in [-0.05, 0) is 50.0 Å². The molecule has 0 aromatic carbocycles. The lowest BCUT2D eigenvalue weighted by molar-refractivity contribution is -0.664. The zero-order valence-corrected chi connectivity index (χ0v) is 24.2. The molecule has 15 nitrogen and oxygen atoms in total. The zero-order valence-electron chi connectivity index (χ0n) is 22.6. The second kappa shape index (κ2) is 11.7. The van der Waals surface area contributed by atoms with Gasteiger partial charge in [0.1, 0.15) is 35.8 Å². The fourth-order valence-corrected chi connectivity index (χ4v) is 7.19. The molecule has 0 radical (unpaired) electrons. The summed E-state index contributed by atoms with van der Waals surface area (Å²) in [6.07, 6.45) is 5.73. The number of nitrogens with one attached hydrogen (secondary N) is 2. The number of piperidine rings is 1. The van der Waals surface area contributed by atoms with Crippen molar-refractivity contribution in [2.45, 2.75) is 43.8 Å². The molecule has 3 aromatic heterocycles. The van der Waals surface area contributed by atoms with Gasteiger partial charge in [-0.1, -0.05) is 5.16 Å². The summed E-state index contributed by atoms with van der Waals surface area (Å²) < 4.78 is 8.12. The van der Waals surface area contributed by atoms with Gasteiger partial charge in [0, 0.05) is 28.9 Å². The number of fused-ring (bicyclic) bond motifs is 2. The van der Waals surface area contributed by atoms with Crippen LogP contribution >= 0.6 is 23.3 Å². The number of carbonyl (C=O) groups is 3. The number of amides is 2. The van der Waals surface area contributed by atoms with E-state index in [1.807, 2.05) is 29.2 Å². The third-order valence-corrected chi connectivity index (χ3v) is 9.24. The molecule has 6 heterocycles. The number of pyridine rings is 1. The highest BCUT2D eigenvalue weighted by Crippen LogP contribution is 2.40. The van der Waals surface area contributed by atoms with Crippen molar-refractivity contribution in [2.75, 3.05) is 31.2 Å². The maximum Gasteiger partial charge on any atom is 0.352 e. The first-order chi connectivity index (χ1) is 20.4. The van der Waals surface area contributed by atoms with Gasteiger partial charge in [-0.15, -0.1) is 11.8 Å². The van der Waals surface area contributed by atoms with Crippen LogP contribution in [-0.4, -0.2) is 89.3 Å². The van der Waals surface area contributed by atoms with E-state index < -0.39 is 29.2 Å². The smallest absolute Gasteiger partial charge is 0.352 e. The van der Waals surface area contributed by atoms with Gasteiger partial charge in [-0.25, -0.2) is 9.36 Å². The minimum atomic E-state index is -1.21. The molecule has 17 heteroatoms. The number of β-lactam (4-membered cyclic amide) rings is 1. The molecule has 2 saturated heterocycles. The SMILES string of the molecule is CCO/N=C(\C(=O)NC1C(=O)N2C(C(=O)O)=C(C[n+]3cccc4c3ncn4C3CCNCC3)CSC12)c1nsc(N)n1. The second-order valence-electron chi connectivity index (χ2n) is 9.91. The number of nitrogen functional groups attached to an aromatic ring is 1. The molecule has 2 atom stereocenters. The summed E-state index contributed by atoms with van der Waals surface area (Å²) in [6.45, 7) is 4.05. The van der Waals surface area contributed by atoms with Crippen molar-refractivity contribution in [2.24, 2.45) is 5.16 Å². The van der Waals surface area contributed by atoms with Crippen LogP contribution in [0.1, 0.15) is 31.6 Å². The van der Waals surface area contributed by atoms with Crippen LogP contribution in [0.2, 0.25) is 0 Å². The van der Waals surface area contributed by atoms with Gasteiger partial charge in [0.2, 0.25) is 17.9 Å². The van der Waals surface area contributed by atoms with Crippen molar-refractivity contribution in [3.63, 3.8) is 0 Å². The van der Waals surface area contributed by atoms with Crippen molar-refractivity contribution in [1.82, 2.24) is 34.4 Å². The zero-order chi connectivity index (χ0) is 29.4. The number of nitrogens with two attached hydrogens (primary N) is 1. The molecule has 0 aliphatic carbocycles. The lowest BCUT2D eigenvalue weighted by Gasteiger charge is -2.49. The maximum atomic E-state index is 13.3. The van der Waals surface area contributed by atoms with E-state index in [1.165, 1.54) is 16.7 Å². The lowest BCUT2D eigenvalue weighted by atomic mass is 10.0. The van der Waals surface area contributed by atoms with E-state index in [-0.39, 0.29) is 35.5 Å². The van der Waals surface area contributed by atoms with Gasteiger partial charge in [0.25, 0.3) is 11.8 Å². The number of aromatic nitrogens is 5. The van der Waals surface area contributed by atoms with E-state index in [4.69, 9.17) is 10.6 Å². The molecule has 2 fully saturated rings. The average molecular weight is 614 g/mol. The Labute approximate surface area is 248 Å². The summed E-state index contributed by atoms with van der Waals surface area (Å²) in [5, 5.41) is 19.6. The number of hydrogen-bond acceptors (Lipinski definition) is 12. The number of oxime groups is 1. The van der Waals surface area contributed by atoms with Crippen LogP contribution < -0.4 is 20.9 Å². The van der Waals surface area contributed by atoms with Gasteiger partial charge < -0.3 is 30.9 Å². The van der Waals surface area contributed by atoms with E-state index in [0.29, 0.717) is 17.4 Å². The molecule has 2 amide bonds. The Morgan fingerprint density at radius 1 is 1.36 bits per heavy atom. The molecular formula is C25H29N10O5S2+. The highest BCUT2D eigenvalue weighted by atomic mass is 32.2. The molecule has 3 aliphatic rings. The third-order valence-electron chi connectivity index (χ3n) is 7.36. The average Bonchev–Trinajstić information content (AvgIpc) is 3.63. The van der Waals surface area contributed by atoms with Crippen molar-refractivity contribution in [3.8, 4) is 0 Å². The van der Waals surface area contributed by atoms with Crippen LogP contribution in [0.5, 0.6) is 0 Å². The summed E-state index contributed by atoms with van der Waals surface area (Å²) >= 11 is 2.27. The number of carboxylic acid groups (broad SMARTS) is 1. The van der Waals surface area contributed by atoms with Gasteiger partial charge in [-0.3, -0.25) is 14.5 Å². The fourth-order valence-electron chi connectivity index (χ4n) is 5.42. The topological polar surface area (TPSA) is 194 Å². The Morgan fingerprint density at radius 3 is 2.88 bits per heavy atom. The molecule has 0 bridgehead atoms.